The number of benzene rings is 1. The van der Waals surface area contributed by atoms with Crippen molar-refractivity contribution in [2.45, 2.75) is 47.3 Å². The van der Waals surface area contributed by atoms with E-state index < -0.39 is 8.32 Å². The highest BCUT2D eigenvalue weighted by Crippen LogP contribution is 2.27. The summed E-state index contributed by atoms with van der Waals surface area (Å²) in [6.07, 6.45) is 2.23. The van der Waals surface area contributed by atoms with Gasteiger partial charge in [-0.2, -0.15) is 0 Å². The van der Waals surface area contributed by atoms with E-state index in [1.165, 1.54) is 11.1 Å². The molecule has 0 fully saturated rings. The van der Waals surface area contributed by atoms with E-state index in [4.69, 9.17) is 4.43 Å². The molecular formula is C16H26OSi. The number of rotatable bonds is 3. The van der Waals surface area contributed by atoms with Gasteiger partial charge in [-0.05, 0) is 38.1 Å². The zero-order valence-electron chi connectivity index (χ0n) is 12.8. The van der Waals surface area contributed by atoms with Crippen LogP contribution >= 0.6 is 0 Å². The zero-order chi connectivity index (χ0) is 14.0. The molecule has 0 saturated carbocycles. The summed E-state index contributed by atoms with van der Waals surface area (Å²) >= 11 is 0. The molecule has 0 aliphatic heterocycles. The SMILES string of the molecule is Cc1ccc(C(=CC(C)(C)C)O[Si](C)(C)C)cc1. The molecule has 0 amide bonds. The van der Waals surface area contributed by atoms with Crippen LogP contribution in [0.25, 0.3) is 5.76 Å². The van der Waals surface area contributed by atoms with Gasteiger partial charge >= 0.3 is 0 Å². The lowest BCUT2D eigenvalue weighted by atomic mass is 9.94. The molecule has 1 aromatic rings. The summed E-state index contributed by atoms with van der Waals surface area (Å²) in [6, 6.07) is 8.57. The molecule has 0 heterocycles. The molecule has 0 N–H and O–H groups in total. The first-order valence-electron chi connectivity index (χ1n) is 6.56. The maximum absolute atomic E-state index is 6.24. The van der Waals surface area contributed by atoms with Crippen LogP contribution in [-0.2, 0) is 4.43 Å². The molecule has 100 valence electrons. The fourth-order valence-corrected chi connectivity index (χ4v) is 2.45. The van der Waals surface area contributed by atoms with Crippen molar-refractivity contribution < 1.29 is 4.43 Å². The first-order chi connectivity index (χ1) is 8.07. The minimum atomic E-state index is -1.58. The standard InChI is InChI=1S/C16H26OSi/c1-13-8-10-14(11-9-13)15(12-16(2,3)4)17-18(5,6)7/h8-12H,1-7H3. The average molecular weight is 262 g/mol. The molecule has 18 heavy (non-hydrogen) atoms. The van der Waals surface area contributed by atoms with Gasteiger partial charge in [-0.3, -0.25) is 0 Å². The molecule has 0 saturated heterocycles. The van der Waals surface area contributed by atoms with E-state index in [2.05, 4.69) is 77.7 Å². The van der Waals surface area contributed by atoms with Crippen molar-refractivity contribution in [2.75, 3.05) is 0 Å². The number of aryl methyl sites for hydroxylation is 1. The lowest BCUT2D eigenvalue weighted by Crippen LogP contribution is -2.25. The molecule has 0 unspecified atom stereocenters. The Morgan fingerprint density at radius 1 is 1.06 bits per heavy atom. The molecule has 2 heteroatoms. The van der Waals surface area contributed by atoms with E-state index in [-0.39, 0.29) is 5.41 Å². The lowest BCUT2D eigenvalue weighted by molar-refractivity contribution is 0.483. The monoisotopic (exact) mass is 262 g/mol. The van der Waals surface area contributed by atoms with Crippen LogP contribution in [0.5, 0.6) is 0 Å². The number of hydrogen-bond donors (Lipinski definition) is 0. The predicted molar refractivity (Wildman–Crippen MR) is 83.0 cm³/mol. The molecule has 1 nitrogen and oxygen atoms in total. The van der Waals surface area contributed by atoms with Crippen molar-refractivity contribution in [3.63, 3.8) is 0 Å². The first kappa shape index (κ1) is 15.0. The summed E-state index contributed by atoms with van der Waals surface area (Å²) in [4.78, 5) is 0. The summed E-state index contributed by atoms with van der Waals surface area (Å²) in [6.45, 7) is 15.4. The Labute approximate surface area is 113 Å². The highest BCUT2D eigenvalue weighted by molar-refractivity contribution is 6.70. The first-order valence-corrected chi connectivity index (χ1v) is 9.97. The van der Waals surface area contributed by atoms with Crippen LogP contribution in [0.4, 0.5) is 0 Å². The van der Waals surface area contributed by atoms with E-state index in [9.17, 15) is 0 Å². The Kier molecular flexibility index (Phi) is 4.44. The van der Waals surface area contributed by atoms with Gasteiger partial charge in [0.15, 0.2) is 0 Å². The normalized spacial score (nSPS) is 13.6. The molecule has 0 aromatic heterocycles. The summed E-state index contributed by atoms with van der Waals surface area (Å²) in [7, 11) is -1.58. The van der Waals surface area contributed by atoms with Crippen LogP contribution in [0.15, 0.2) is 30.3 Å². The predicted octanol–water partition coefficient (Wildman–Crippen LogP) is 5.23. The van der Waals surface area contributed by atoms with Crippen LogP contribution in [0, 0.1) is 12.3 Å². The van der Waals surface area contributed by atoms with E-state index in [0.717, 1.165) is 5.76 Å². The minimum Gasteiger partial charge on any atom is -0.544 e. The van der Waals surface area contributed by atoms with Crippen molar-refractivity contribution >= 4 is 14.1 Å². The van der Waals surface area contributed by atoms with E-state index in [1.807, 2.05) is 0 Å². The highest BCUT2D eigenvalue weighted by atomic mass is 28.4. The third-order valence-corrected chi connectivity index (χ3v) is 3.15. The Balaban J connectivity index is 3.13. The lowest BCUT2D eigenvalue weighted by Gasteiger charge is -2.25. The number of allylic oxidation sites excluding steroid dienone is 1. The van der Waals surface area contributed by atoms with Crippen LogP contribution in [0.3, 0.4) is 0 Å². The molecule has 0 spiro atoms. The quantitative estimate of drug-likeness (QED) is 0.535. The van der Waals surface area contributed by atoms with Gasteiger partial charge in [0, 0.05) is 5.56 Å². The Hall–Kier alpha value is -1.02. The van der Waals surface area contributed by atoms with Crippen molar-refractivity contribution in [1.82, 2.24) is 0 Å². The molecular weight excluding hydrogens is 236 g/mol. The van der Waals surface area contributed by atoms with Crippen molar-refractivity contribution in [2.24, 2.45) is 5.41 Å². The Bertz CT molecular complexity index is 416. The van der Waals surface area contributed by atoms with Gasteiger partial charge in [-0.25, -0.2) is 0 Å². The second-order valence-electron chi connectivity index (χ2n) is 6.96. The van der Waals surface area contributed by atoms with Crippen molar-refractivity contribution in [3.05, 3.63) is 41.5 Å². The fourth-order valence-electron chi connectivity index (χ4n) is 1.61. The maximum atomic E-state index is 6.24. The van der Waals surface area contributed by atoms with Crippen LogP contribution in [0.1, 0.15) is 31.9 Å². The summed E-state index contributed by atoms with van der Waals surface area (Å²) in [5, 5.41) is 0. The molecule has 1 aromatic carbocycles. The zero-order valence-corrected chi connectivity index (χ0v) is 13.8. The Morgan fingerprint density at radius 3 is 1.94 bits per heavy atom. The molecule has 0 aliphatic carbocycles. The second-order valence-corrected chi connectivity index (χ2v) is 11.4. The molecule has 0 aliphatic rings. The molecule has 0 atom stereocenters. The van der Waals surface area contributed by atoms with Crippen molar-refractivity contribution in [1.29, 1.82) is 0 Å². The van der Waals surface area contributed by atoms with Crippen LogP contribution in [-0.4, -0.2) is 8.32 Å². The van der Waals surface area contributed by atoms with Crippen molar-refractivity contribution in [3.8, 4) is 0 Å². The second kappa shape index (κ2) is 5.31. The fraction of sp³-hybridized carbons (Fsp3) is 0.500. The van der Waals surface area contributed by atoms with Gasteiger partial charge in [0.1, 0.15) is 5.76 Å². The maximum Gasteiger partial charge on any atom is 0.242 e. The van der Waals surface area contributed by atoms with Gasteiger partial charge < -0.3 is 4.43 Å². The smallest absolute Gasteiger partial charge is 0.242 e. The average Bonchev–Trinajstić information content (AvgIpc) is 2.13. The highest BCUT2D eigenvalue weighted by Gasteiger charge is 2.20. The van der Waals surface area contributed by atoms with Gasteiger partial charge in [0.05, 0.1) is 0 Å². The molecule has 1 rings (SSSR count). The van der Waals surface area contributed by atoms with Crippen LogP contribution in [0.2, 0.25) is 19.6 Å². The summed E-state index contributed by atoms with van der Waals surface area (Å²) in [5.41, 5.74) is 2.58. The number of hydrogen-bond acceptors (Lipinski definition) is 1. The Morgan fingerprint density at radius 2 is 1.56 bits per heavy atom. The van der Waals surface area contributed by atoms with E-state index >= 15 is 0 Å². The summed E-state index contributed by atoms with van der Waals surface area (Å²) < 4.78 is 6.24. The third kappa shape index (κ3) is 5.54. The van der Waals surface area contributed by atoms with E-state index in [0.29, 0.717) is 0 Å². The van der Waals surface area contributed by atoms with Gasteiger partial charge in [0.25, 0.3) is 0 Å². The van der Waals surface area contributed by atoms with Gasteiger partial charge in [-0.1, -0.05) is 50.6 Å². The summed E-state index contributed by atoms with van der Waals surface area (Å²) in [5.74, 6) is 1.03. The van der Waals surface area contributed by atoms with E-state index in [1.54, 1.807) is 0 Å². The van der Waals surface area contributed by atoms with Gasteiger partial charge in [-0.15, -0.1) is 0 Å². The third-order valence-electron chi connectivity index (χ3n) is 2.32. The molecule has 0 bridgehead atoms. The van der Waals surface area contributed by atoms with Gasteiger partial charge in [0.2, 0.25) is 8.32 Å². The van der Waals surface area contributed by atoms with Crippen LogP contribution < -0.4 is 0 Å². The molecule has 0 radical (unpaired) electrons. The largest absolute Gasteiger partial charge is 0.544 e. The minimum absolute atomic E-state index is 0.125. The topological polar surface area (TPSA) is 9.23 Å².